The fourth-order valence-electron chi connectivity index (χ4n) is 3.46. The molecule has 4 rings (SSSR count). The zero-order valence-electron chi connectivity index (χ0n) is 17.7. The minimum atomic E-state index is 0.113. The Bertz CT molecular complexity index is 1020. The standard InChI is InChI=1S/C23H25N5O2S/c1-17-15-20(18-6-8-19(30-2)9-7-18)26-23(25-17)31-16-22(29)28-13-11-27(12-14-28)21-5-3-4-10-24-21/h3-10,15H,11-14,16H2,1-2H3. The molecule has 0 saturated carbocycles. The van der Waals surface area contributed by atoms with Crippen molar-refractivity contribution in [2.24, 2.45) is 0 Å². The molecule has 1 saturated heterocycles. The molecule has 0 unspecified atom stereocenters. The van der Waals surface area contributed by atoms with Gasteiger partial charge in [-0.3, -0.25) is 4.79 Å². The molecular formula is C23H25N5O2S. The highest BCUT2D eigenvalue weighted by molar-refractivity contribution is 7.99. The Balaban J connectivity index is 1.34. The second-order valence-electron chi connectivity index (χ2n) is 7.25. The van der Waals surface area contributed by atoms with E-state index in [2.05, 4.69) is 19.9 Å². The highest BCUT2D eigenvalue weighted by atomic mass is 32.2. The summed E-state index contributed by atoms with van der Waals surface area (Å²) >= 11 is 1.39. The number of piperazine rings is 1. The lowest BCUT2D eigenvalue weighted by Gasteiger charge is -2.35. The zero-order chi connectivity index (χ0) is 21.6. The molecule has 8 heteroatoms. The number of thioether (sulfide) groups is 1. The monoisotopic (exact) mass is 435 g/mol. The SMILES string of the molecule is COc1ccc(-c2cc(C)nc(SCC(=O)N3CCN(c4ccccn4)CC3)n2)cc1. The van der Waals surface area contributed by atoms with Gasteiger partial charge in [-0.15, -0.1) is 0 Å². The number of nitrogens with zero attached hydrogens (tertiary/aromatic N) is 5. The van der Waals surface area contributed by atoms with Crippen molar-refractivity contribution in [3.63, 3.8) is 0 Å². The van der Waals surface area contributed by atoms with Crippen LogP contribution in [0.15, 0.2) is 59.9 Å². The fourth-order valence-corrected chi connectivity index (χ4v) is 4.27. The van der Waals surface area contributed by atoms with E-state index < -0.39 is 0 Å². The maximum absolute atomic E-state index is 12.7. The molecule has 2 aromatic heterocycles. The van der Waals surface area contributed by atoms with E-state index in [-0.39, 0.29) is 5.91 Å². The summed E-state index contributed by atoms with van der Waals surface area (Å²) in [5.41, 5.74) is 2.71. The Morgan fingerprint density at radius 2 is 1.84 bits per heavy atom. The van der Waals surface area contributed by atoms with Gasteiger partial charge in [0.25, 0.3) is 0 Å². The van der Waals surface area contributed by atoms with Crippen LogP contribution in [0.4, 0.5) is 5.82 Å². The summed E-state index contributed by atoms with van der Waals surface area (Å²) in [4.78, 5) is 30.4. The molecule has 160 valence electrons. The number of hydrogen-bond donors (Lipinski definition) is 0. The van der Waals surface area contributed by atoms with Crippen molar-refractivity contribution in [2.75, 3.05) is 43.9 Å². The Hall–Kier alpha value is -3.13. The first-order valence-corrected chi connectivity index (χ1v) is 11.2. The number of anilines is 1. The van der Waals surface area contributed by atoms with E-state index in [4.69, 9.17) is 4.74 Å². The zero-order valence-corrected chi connectivity index (χ0v) is 18.5. The molecule has 0 spiro atoms. The van der Waals surface area contributed by atoms with Gasteiger partial charge in [0.15, 0.2) is 5.16 Å². The molecule has 0 radical (unpaired) electrons. The smallest absolute Gasteiger partial charge is 0.233 e. The Kier molecular flexibility index (Phi) is 6.66. The molecular weight excluding hydrogens is 410 g/mol. The molecule has 0 atom stereocenters. The third-order valence-corrected chi connectivity index (χ3v) is 5.98. The normalized spacial score (nSPS) is 13.9. The first-order chi connectivity index (χ1) is 15.1. The topological polar surface area (TPSA) is 71.5 Å². The van der Waals surface area contributed by atoms with E-state index in [9.17, 15) is 4.79 Å². The summed E-state index contributed by atoms with van der Waals surface area (Å²) in [6.45, 7) is 4.91. The lowest BCUT2D eigenvalue weighted by molar-refractivity contribution is -0.128. The summed E-state index contributed by atoms with van der Waals surface area (Å²) in [5.74, 6) is 2.21. The number of carbonyl (C=O) groups is 1. The quantitative estimate of drug-likeness (QED) is 0.435. The number of hydrogen-bond acceptors (Lipinski definition) is 7. The van der Waals surface area contributed by atoms with Crippen molar-refractivity contribution in [1.82, 2.24) is 19.9 Å². The van der Waals surface area contributed by atoms with Crippen LogP contribution in [0.3, 0.4) is 0 Å². The molecule has 1 amide bonds. The lowest BCUT2D eigenvalue weighted by atomic mass is 10.1. The predicted molar refractivity (Wildman–Crippen MR) is 123 cm³/mol. The molecule has 0 bridgehead atoms. The molecule has 31 heavy (non-hydrogen) atoms. The second-order valence-corrected chi connectivity index (χ2v) is 8.19. The average Bonchev–Trinajstić information content (AvgIpc) is 2.83. The van der Waals surface area contributed by atoms with Gasteiger partial charge in [-0.05, 0) is 49.4 Å². The largest absolute Gasteiger partial charge is 0.497 e. The second kappa shape index (κ2) is 9.78. The number of carbonyl (C=O) groups excluding carboxylic acids is 1. The predicted octanol–water partition coefficient (Wildman–Crippen LogP) is 3.30. The number of benzene rings is 1. The summed E-state index contributed by atoms with van der Waals surface area (Å²) in [7, 11) is 1.65. The van der Waals surface area contributed by atoms with E-state index >= 15 is 0 Å². The van der Waals surface area contributed by atoms with Gasteiger partial charge in [0.1, 0.15) is 11.6 Å². The first kappa shape index (κ1) is 21.1. The number of ether oxygens (including phenoxy) is 1. The number of aromatic nitrogens is 3. The Morgan fingerprint density at radius 3 is 2.52 bits per heavy atom. The van der Waals surface area contributed by atoms with Crippen LogP contribution in [0.5, 0.6) is 5.75 Å². The van der Waals surface area contributed by atoms with Gasteiger partial charge in [0.2, 0.25) is 5.91 Å². The van der Waals surface area contributed by atoms with Crippen LogP contribution in [-0.4, -0.2) is 64.8 Å². The molecule has 1 aliphatic heterocycles. The highest BCUT2D eigenvalue weighted by Crippen LogP contribution is 2.24. The Labute approximate surface area is 186 Å². The van der Waals surface area contributed by atoms with Crippen molar-refractivity contribution in [2.45, 2.75) is 12.1 Å². The van der Waals surface area contributed by atoms with Crippen molar-refractivity contribution in [3.8, 4) is 17.0 Å². The first-order valence-electron chi connectivity index (χ1n) is 10.2. The van der Waals surface area contributed by atoms with Gasteiger partial charge < -0.3 is 14.5 Å². The van der Waals surface area contributed by atoms with E-state index in [1.165, 1.54) is 11.8 Å². The van der Waals surface area contributed by atoms with E-state index in [0.29, 0.717) is 24.0 Å². The van der Waals surface area contributed by atoms with Crippen molar-refractivity contribution >= 4 is 23.5 Å². The number of amides is 1. The van der Waals surface area contributed by atoms with Gasteiger partial charge in [-0.1, -0.05) is 17.8 Å². The average molecular weight is 436 g/mol. The molecule has 1 fully saturated rings. The maximum Gasteiger partial charge on any atom is 0.233 e. The minimum absolute atomic E-state index is 0.113. The van der Waals surface area contributed by atoms with E-state index in [1.54, 1.807) is 13.3 Å². The van der Waals surface area contributed by atoms with Gasteiger partial charge >= 0.3 is 0 Å². The van der Waals surface area contributed by atoms with Gasteiger partial charge in [0.05, 0.1) is 18.6 Å². The highest BCUT2D eigenvalue weighted by Gasteiger charge is 2.22. The van der Waals surface area contributed by atoms with E-state index in [0.717, 1.165) is 41.6 Å². The molecule has 3 heterocycles. The summed E-state index contributed by atoms with van der Waals surface area (Å²) in [6, 6.07) is 15.6. The van der Waals surface area contributed by atoms with E-state index in [1.807, 2.05) is 60.4 Å². The fraction of sp³-hybridized carbons (Fsp3) is 0.304. The van der Waals surface area contributed by atoms with Gasteiger partial charge in [0, 0.05) is 43.6 Å². The molecule has 3 aromatic rings. The van der Waals surface area contributed by atoms with Crippen LogP contribution in [0, 0.1) is 6.92 Å². The van der Waals surface area contributed by atoms with Crippen molar-refractivity contribution in [1.29, 1.82) is 0 Å². The van der Waals surface area contributed by atoms with Crippen LogP contribution in [0.1, 0.15) is 5.69 Å². The van der Waals surface area contributed by atoms with Crippen molar-refractivity contribution in [3.05, 3.63) is 60.4 Å². The molecule has 1 aliphatic rings. The molecule has 1 aromatic carbocycles. The number of methoxy groups -OCH3 is 1. The summed E-state index contributed by atoms with van der Waals surface area (Å²) in [6.07, 6.45) is 1.80. The third-order valence-electron chi connectivity index (χ3n) is 5.15. The van der Waals surface area contributed by atoms with Crippen molar-refractivity contribution < 1.29 is 9.53 Å². The van der Waals surface area contributed by atoms with Crippen LogP contribution >= 0.6 is 11.8 Å². The van der Waals surface area contributed by atoms with Crippen LogP contribution in [0.2, 0.25) is 0 Å². The van der Waals surface area contributed by atoms with Crippen LogP contribution in [0.25, 0.3) is 11.3 Å². The van der Waals surface area contributed by atoms with Crippen LogP contribution in [-0.2, 0) is 4.79 Å². The number of pyridine rings is 1. The molecule has 0 N–H and O–H groups in total. The Morgan fingerprint density at radius 1 is 1.06 bits per heavy atom. The summed E-state index contributed by atoms with van der Waals surface area (Å²) in [5, 5.41) is 0.617. The van der Waals surface area contributed by atoms with Crippen LogP contribution < -0.4 is 9.64 Å². The number of rotatable bonds is 6. The third kappa shape index (κ3) is 5.32. The van der Waals surface area contributed by atoms with Gasteiger partial charge in [-0.25, -0.2) is 15.0 Å². The molecule has 7 nitrogen and oxygen atoms in total. The van der Waals surface area contributed by atoms with Gasteiger partial charge in [-0.2, -0.15) is 0 Å². The summed E-state index contributed by atoms with van der Waals surface area (Å²) < 4.78 is 5.22. The number of aryl methyl sites for hydroxylation is 1. The lowest BCUT2D eigenvalue weighted by Crippen LogP contribution is -2.49. The molecule has 0 aliphatic carbocycles. The maximum atomic E-state index is 12.7. The minimum Gasteiger partial charge on any atom is -0.497 e.